The van der Waals surface area contributed by atoms with Gasteiger partial charge < -0.3 is 14.7 Å². The van der Waals surface area contributed by atoms with E-state index in [2.05, 4.69) is 22.3 Å². The molecule has 116 valence electrons. The third-order valence-electron chi connectivity index (χ3n) is 4.42. The molecule has 3 rings (SSSR count). The quantitative estimate of drug-likeness (QED) is 0.818. The number of carbonyl (C=O) groups excluding carboxylic acids is 1. The van der Waals surface area contributed by atoms with Crippen LogP contribution in [0.5, 0.6) is 0 Å². The standard InChI is InChI=1S/C16H25N3O2/c1-12-4-2-8-19(11-12)9-3-7-17-16(20)14-10-15(21-18-14)13-5-6-13/h10,12-13H,2-9,11H2,1H3,(H,17,20)/t12-/m0/s1. The molecule has 5 nitrogen and oxygen atoms in total. The van der Waals surface area contributed by atoms with Crippen molar-refractivity contribution in [1.82, 2.24) is 15.4 Å². The van der Waals surface area contributed by atoms with E-state index in [9.17, 15) is 4.79 Å². The molecule has 1 saturated heterocycles. The van der Waals surface area contributed by atoms with Crippen molar-refractivity contribution in [3.05, 3.63) is 17.5 Å². The first-order valence-electron chi connectivity index (χ1n) is 8.19. The number of likely N-dealkylation sites (tertiary alicyclic amines) is 1. The van der Waals surface area contributed by atoms with Crippen LogP contribution in [0.2, 0.25) is 0 Å². The molecule has 0 spiro atoms. The van der Waals surface area contributed by atoms with E-state index in [0.29, 0.717) is 18.2 Å². The minimum absolute atomic E-state index is 0.113. The number of amides is 1. The van der Waals surface area contributed by atoms with Gasteiger partial charge in [0.1, 0.15) is 5.76 Å². The monoisotopic (exact) mass is 291 g/mol. The smallest absolute Gasteiger partial charge is 0.273 e. The number of piperidine rings is 1. The van der Waals surface area contributed by atoms with Gasteiger partial charge in [-0.05, 0) is 51.1 Å². The van der Waals surface area contributed by atoms with Crippen LogP contribution in [0, 0.1) is 5.92 Å². The van der Waals surface area contributed by atoms with Gasteiger partial charge in [0.25, 0.3) is 5.91 Å². The fourth-order valence-corrected chi connectivity index (χ4v) is 3.04. The van der Waals surface area contributed by atoms with Crippen molar-refractivity contribution < 1.29 is 9.32 Å². The largest absolute Gasteiger partial charge is 0.360 e. The molecule has 21 heavy (non-hydrogen) atoms. The van der Waals surface area contributed by atoms with Gasteiger partial charge in [-0.1, -0.05) is 12.1 Å². The average molecular weight is 291 g/mol. The average Bonchev–Trinajstić information content (AvgIpc) is 3.21. The van der Waals surface area contributed by atoms with Crippen molar-refractivity contribution in [1.29, 1.82) is 0 Å². The van der Waals surface area contributed by atoms with Crippen LogP contribution in [0.4, 0.5) is 0 Å². The summed E-state index contributed by atoms with van der Waals surface area (Å²) in [5.74, 6) is 2.06. The van der Waals surface area contributed by atoms with E-state index >= 15 is 0 Å². The van der Waals surface area contributed by atoms with Gasteiger partial charge in [0, 0.05) is 25.1 Å². The zero-order chi connectivity index (χ0) is 14.7. The molecule has 1 aromatic rings. The van der Waals surface area contributed by atoms with Gasteiger partial charge in [-0.25, -0.2) is 0 Å². The minimum atomic E-state index is -0.113. The Labute approximate surface area is 126 Å². The highest BCUT2D eigenvalue weighted by Crippen LogP contribution is 2.40. The SMILES string of the molecule is C[C@H]1CCCN(CCCNC(=O)c2cc(C3CC3)on2)C1. The van der Waals surface area contributed by atoms with Crippen LogP contribution in [0.3, 0.4) is 0 Å². The highest BCUT2D eigenvalue weighted by Gasteiger charge is 2.28. The number of hydrogen-bond acceptors (Lipinski definition) is 4. The molecule has 1 saturated carbocycles. The van der Waals surface area contributed by atoms with Gasteiger partial charge in [0.05, 0.1) is 0 Å². The zero-order valence-corrected chi connectivity index (χ0v) is 12.8. The molecule has 1 aromatic heterocycles. The lowest BCUT2D eigenvalue weighted by molar-refractivity contribution is 0.0941. The number of hydrogen-bond donors (Lipinski definition) is 1. The van der Waals surface area contributed by atoms with Gasteiger partial charge in [0.15, 0.2) is 5.69 Å². The first kappa shape index (κ1) is 14.6. The number of aromatic nitrogens is 1. The predicted octanol–water partition coefficient (Wildman–Crippen LogP) is 2.40. The van der Waals surface area contributed by atoms with Crippen molar-refractivity contribution in [2.75, 3.05) is 26.2 Å². The Morgan fingerprint density at radius 1 is 1.48 bits per heavy atom. The van der Waals surface area contributed by atoms with Gasteiger partial charge in [-0.3, -0.25) is 4.79 Å². The second-order valence-corrected chi connectivity index (χ2v) is 6.55. The van der Waals surface area contributed by atoms with Gasteiger partial charge in [-0.2, -0.15) is 0 Å². The summed E-state index contributed by atoms with van der Waals surface area (Å²) >= 11 is 0. The van der Waals surface area contributed by atoms with E-state index in [1.807, 2.05) is 0 Å². The fraction of sp³-hybridized carbons (Fsp3) is 0.750. The third-order valence-corrected chi connectivity index (χ3v) is 4.42. The van der Waals surface area contributed by atoms with Crippen LogP contribution in [0.25, 0.3) is 0 Å². The Morgan fingerprint density at radius 2 is 2.33 bits per heavy atom. The lowest BCUT2D eigenvalue weighted by Crippen LogP contribution is -2.36. The molecular formula is C16H25N3O2. The van der Waals surface area contributed by atoms with E-state index in [1.54, 1.807) is 6.07 Å². The molecule has 5 heteroatoms. The molecule has 1 atom stereocenters. The zero-order valence-electron chi connectivity index (χ0n) is 12.8. The normalized spacial score (nSPS) is 23.2. The van der Waals surface area contributed by atoms with Crippen molar-refractivity contribution in [3.63, 3.8) is 0 Å². The van der Waals surface area contributed by atoms with Crippen LogP contribution in [-0.4, -0.2) is 42.1 Å². The number of rotatable bonds is 6. The molecule has 1 aliphatic heterocycles. The summed E-state index contributed by atoms with van der Waals surface area (Å²) in [7, 11) is 0. The second-order valence-electron chi connectivity index (χ2n) is 6.55. The van der Waals surface area contributed by atoms with Crippen LogP contribution in [0.1, 0.15) is 61.2 Å². The molecule has 0 radical (unpaired) electrons. The highest BCUT2D eigenvalue weighted by molar-refractivity contribution is 5.92. The Balaban J connectivity index is 1.35. The van der Waals surface area contributed by atoms with Crippen LogP contribution in [0.15, 0.2) is 10.6 Å². The summed E-state index contributed by atoms with van der Waals surface area (Å²) in [5.41, 5.74) is 0.420. The van der Waals surface area contributed by atoms with Crippen molar-refractivity contribution in [2.24, 2.45) is 5.92 Å². The summed E-state index contributed by atoms with van der Waals surface area (Å²) in [6.07, 6.45) is 5.96. The molecule has 2 fully saturated rings. The lowest BCUT2D eigenvalue weighted by Gasteiger charge is -2.30. The Hall–Kier alpha value is -1.36. The number of carbonyl (C=O) groups is 1. The molecule has 1 aliphatic carbocycles. The van der Waals surface area contributed by atoms with Crippen LogP contribution in [-0.2, 0) is 0 Å². The molecule has 1 N–H and O–H groups in total. The van der Waals surface area contributed by atoms with Crippen molar-refractivity contribution >= 4 is 5.91 Å². The van der Waals surface area contributed by atoms with Crippen LogP contribution < -0.4 is 5.32 Å². The van der Waals surface area contributed by atoms with Gasteiger partial charge in [0.2, 0.25) is 0 Å². The Kier molecular flexibility index (Phi) is 4.58. The summed E-state index contributed by atoms with van der Waals surface area (Å²) < 4.78 is 5.20. The number of nitrogens with one attached hydrogen (secondary N) is 1. The summed E-state index contributed by atoms with van der Waals surface area (Å²) in [5, 5.41) is 6.79. The first-order chi connectivity index (χ1) is 10.2. The van der Waals surface area contributed by atoms with E-state index in [1.165, 1.54) is 25.9 Å². The van der Waals surface area contributed by atoms with Gasteiger partial charge in [-0.15, -0.1) is 0 Å². The van der Waals surface area contributed by atoms with Crippen molar-refractivity contribution in [2.45, 2.75) is 44.9 Å². The third kappa shape index (κ3) is 4.06. The van der Waals surface area contributed by atoms with Gasteiger partial charge >= 0.3 is 0 Å². The summed E-state index contributed by atoms with van der Waals surface area (Å²) in [4.78, 5) is 14.5. The van der Waals surface area contributed by atoms with Crippen molar-refractivity contribution in [3.8, 4) is 0 Å². The minimum Gasteiger partial charge on any atom is -0.360 e. The maximum absolute atomic E-state index is 12.0. The highest BCUT2D eigenvalue weighted by atomic mass is 16.5. The number of nitrogens with zero attached hydrogens (tertiary/aromatic N) is 2. The van der Waals surface area contributed by atoms with Crippen LogP contribution >= 0.6 is 0 Å². The van der Waals surface area contributed by atoms with E-state index in [0.717, 1.165) is 37.5 Å². The van der Waals surface area contributed by atoms with E-state index in [-0.39, 0.29) is 5.91 Å². The first-order valence-corrected chi connectivity index (χ1v) is 8.19. The Morgan fingerprint density at radius 3 is 3.10 bits per heavy atom. The second kappa shape index (κ2) is 6.60. The predicted molar refractivity (Wildman–Crippen MR) is 80.3 cm³/mol. The lowest BCUT2D eigenvalue weighted by atomic mass is 10.0. The molecule has 2 heterocycles. The topological polar surface area (TPSA) is 58.4 Å². The summed E-state index contributed by atoms with van der Waals surface area (Å²) in [6, 6.07) is 1.79. The molecule has 1 amide bonds. The van der Waals surface area contributed by atoms with E-state index < -0.39 is 0 Å². The molecule has 0 bridgehead atoms. The maximum atomic E-state index is 12.0. The molecular weight excluding hydrogens is 266 g/mol. The fourth-order valence-electron chi connectivity index (χ4n) is 3.04. The molecule has 2 aliphatic rings. The molecule has 0 aromatic carbocycles. The Bertz CT molecular complexity index is 482. The van der Waals surface area contributed by atoms with E-state index in [4.69, 9.17) is 4.52 Å². The summed E-state index contributed by atoms with van der Waals surface area (Å²) in [6.45, 7) is 6.48. The molecule has 0 unspecified atom stereocenters. The maximum Gasteiger partial charge on any atom is 0.273 e.